The first-order valence-electron chi connectivity index (χ1n) is 11.7. The van der Waals surface area contributed by atoms with Crippen LogP contribution in [0, 0.1) is 5.82 Å². The maximum absolute atomic E-state index is 13.5. The van der Waals surface area contributed by atoms with Crippen molar-refractivity contribution < 1.29 is 19.1 Å². The van der Waals surface area contributed by atoms with Crippen molar-refractivity contribution in [2.75, 3.05) is 17.2 Å². The highest BCUT2D eigenvalue weighted by atomic mass is 19.1. The first-order chi connectivity index (χ1) is 16.9. The molecule has 0 bridgehead atoms. The lowest BCUT2D eigenvalue weighted by Crippen LogP contribution is -2.29. The van der Waals surface area contributed by atoms with E-state index in [1.165, 1.54) is 12.1 Å². The number of nitrogens with one attached hydrogen (secondary N) is 3. The van der Waals surface area contributed by atoms with Crippen LogP contribution in [0.25, 0.3) is 11.7 Å². The van der Waals surface area contributed by atoms with Crippen molar-refractivity contribution in [3.05, 3.63) is 53.0 Å². The summed E-state index contributed by atoms with van der Waals surface area (Å²) in [4.78, 5) is 32.9. The molecule has 0 radical (unpaired) electrons. The van der Waals surface area contributed by atoms with Gasteiger partial charge in [0, 0.05) is 23.7 Å². The standard InChI is InChI=1S/C24H26FN7O3/c25-17-3-1-2-14(10-17)8-9-26-24-31-23(28-18-4-6-19(33)7-5-18)30-21-16(13-27-32(21)24)11-15-12-20(34)29-22(15)35/h1-3,10-11,13,18-19,33H,4-9,12H2,(H,29,34,35)(H2,26,28,30,31)/b15-11+/t18-,19-. The zero-order valence-electron chi connectivity index (χ0n) is 19.0. The third-order valence-corrected chi connectivity index (χ3v) is 6.24. The molecule has 1 saturated heterocycles. The molecule has 2 aliphatic rings. The average molecular weight is 480 g/mol. The number of rotatable bonds is 7. The predicted molar refractivity (Wildman–Crippen MR) is 127 cm³/mol. The molecule has 0 spiro atoms. The van der Waals surface area contributed by atoms with Crippen LogP contribution < -0.4 is 16.0 Å². The number of aliphatic hydroxyl groups excluding tert-OH is 1. The molecule has 1 aromatic carbocycles. The zero-order valence-corrected chi connectivity index (χ0v) is 19.0. The largest absolute Gasteiger partial charge is 0.393 e. The van der Waals surface area contributed by atoms with Gasteiger partial charge in [-0.05, 0) is 55.9 Å². The SMILES string of the molecule is O=C1C/C(=C\c2cnn3c(NCCc4cccc(F)c4)nc(N[C@H]4CC[C@H](O)CC4)nc23)C(=O)N1. The van der Waals surface area contributed by atoms with Gasteiger partial charge in [-0.25, -0.2) is 4.39 Å². The van der Waals surface area contributed by atoms with Gasteiger partial charge in [-0.1, -0.05) is 12.1 Å². The second-order valence-electron chi connectivity index (χ2n) is 8.89. The topological polar surface area (TPSA) is 134 Å². The molecule has 3 heterocycles. The van der Waals surface area contributed by atoms with E-state index in [4.69, 9.17) is 0 Å². The molecule has 35 heavy (non-hydrogen) atoms. The monoisotopic (exact) mass is 479 g/mol. The van der Waals surface area contributed by atoms with Gasteiger partial charge in [0.15, 0.2) is 5.65 Å². The molecular weight excluding hydrogens is 453 g/mol. The van der Waals surface area contributed by atoms with Crippen LogP contribution in [-0.2, 0) is 16.0 Å². The Bertz CT molecular complexity index is 1300. The Balaban J connectivity index is 1.43. The van der Waals surface area contributed by atoms with Crippen LogP contribution in [0.3, 0.4) is 0 Å². The lowest BCUT2D eigenvalue weighted by atomic mass is 9.93. The van der Waals surface area contributed by atoms with E-state index in [2.05, 4.69) is 31.0 Å². The molecule has 2 amide bonds. The number of aliphatic hydroxyl groups is 1. The highest BCUT2D eigenvalue weighted by Crippen LogP contribution is 2.24. The fourth-order valence-electron chi connectivity index (χ4n) is 4.40. The first kappa shape index (κ1) is 22.9. The van der Waals surface area contributed by atoms with E-state index >= 15 is 0 Å². The van der Waals surface area contributed by atoms with E-state index in [0.29, 0.717) is 54.5 Å². The third-order valence-electron chi connectivity index (χ3n) is 6.24. The number of anilines is 2. The van der Waals surface area contributed by atoms with Gasteiger partial charge < -0.3 is 15.7 Å². The molecule has 0 unspecified atom stereocenters. The van der Waals surface area contributed by atoms with E-state index < -0.39 is 5.91 Å². The number of fused-ring (bicyclic) bond motifs is 1. The number of carbonyl (C=O) groups excluding carboxylic acids is 2. The Morgan fingerprint density at radius 3 is 2.77 bits per heavy atom. The van der Waals surface area contributed by atoms with Crippen molar-refractivity contribution in [2.45, 2.75) is 50.7 Å². The minimum absolute atomic E-state index is 0.00943. The highest BCUT2D eigenvalue weighted by Gasteiger charge is 2.25. The minimum atomic E-state index is -0.420. The smallest absolute Gasteiger partial charge is 0.254 e. The number of nitrogens with zero attached hydrogens (tertiary/aromatic N) is 4. The quantitative estimate of drug-likeness (QED) is 0.299. The van der Waals surface area contributed by atoms with Crippen LogP contribution in [0.1, 0.15) is 43.2 Å². The summed E-state index contributed by atoms with van der Waals surface area (Å²) in [6.07, 6.45) is 6.54. The van der Waals surface area contributed by atoms with Crippen molar-refractivity contribution in [3.63, 3.8) is 0 Å². The van der Waals surface area contributed by atoms with Gasteiger partial charge in [0.2, 0.25) is 17.8 Å². The molecule has 1 aliphatic heterocycles. The average Bonchev–Trinajstić information content (AvgIpc) is 3.37. The summed E-state index contributed by atoms with van der Waals surface area (Å²) in [7, 11) is 0. The molecule has 2 aromatic heterocycles. The molecule has 10 nitrogen and oxygen atoms in total. The van der Waals surface area contributed by atoms with Crippen molar-refractivity contribution >= 4 is 35.4 Å². The molecule has 3 aromatic rings. The maximum Gasteiger partial charge on any atom is 0.254 e. The number of hydrogen-bond donors (Lipinski definition) is 4. The predicted octanol–water partition coefficient (Wildman–Crippen LogP) is 2.06. The molecule has 5 rings (SSSR count). The summed E-state index contributed by atoms with van der Waals surface area (Å²) >= 11 is 0. The van der Waals surface area contributed by atoms with Gasteiger partial charge in [0.1, 0.15) is 5.82 Å². The van der Waals surface area contributed by atoms with E-state index in [9.17, 15) is 19.1 Å². The molecule has 182 valence electrons. The Kier molecular flexibility index (Phi) is 6.41. The van der Waals surface area contributed by atoms with E-state index in [-0.39, 0.29) is 30.3 Å². The minimum Gasteiger partial charge on any atom is -0.393 e. The second-order valence-corrected chi connectivity index (χ2v) is 8.89. The van der Waals surface area contributed by atoms with Gasteiger partial charge in [0.25, 0.3) is 5.91 Å². The van der Waals surface area contributed by atoms with Crippen LogP contribution in [0.5, 0.6) is 0 Å². The molecule has 2 fully saturated rings. The van der Waals surface area contributed by atoms with Crippen LogP contribution in [0.2, 0.25) is 0 Å². The van der Waals surface area contributed by atoms with Crippen LogP contribution in [-0.4, -0.2) is 55.2 Å². The fourth-order valence-corrected chi connectivity index (χ4v) is 4.40. The van der Waals surface area contributed by atoms with Crippen LogP contribution >= 0.6 is 0 Å². The zero-order chi connectivity index (χ0) is 24.4. The summed E-state index contributed by atoms with van der Waals surface area (Å²) in [6.45, 7) is 0.484. The van der Waals surface area contributed by atoms with Crippen molar-refractivity contribution in [2.24, 2.45) is 0 Å². The summed E-state index contributed by atoms with van der Waals surface area (Å²) < 4.78 is 15.1. The number of halogens is 1. The van der Waals surface area contributed by atoms with E-state index in [0.717, 1.165) is 18.4 Å². The second kappa shape index (κ2) is 9.79. The molecular formula is C24H26FN7O3. The summed E-state index contributed by atoms with van der Waals surface area (Å²) in [5.41, 5.74) is 2.26. The molecule has 1 saturated carbocycles. The number of benzene rings is 1. The van der Waals surface area contributed by atoms with Crippen molar-refractivity contribution in [1.29, 1.82) is 0 Å². The van der Waals surface area contributed by atoms with Crippen molar-refractivity contribution in [3.8, 4) is 0 Å². The van der Waals surface area contributed by atoms with Crippen LogP contribution in [0.15, 0.2) is 36.0 Å². The molecule has 11 heteroatoms. The Labute approximate surface area is 200 Å². The number of imide groups is 1. The van der Waals surface area contributed by atoms with Gasteiger partial charge in [-0.3, -0.25) is 14.9 Å². The number of amides is 2. The maximum atomic E-state index is 13.5. The van der Waals surface area contributed by atoms with Gasteiger partial charge in [0.05, 0.1) is 18.7 Å². The molecule has 4 N–H and O–H groups in total. The lowest BCUT2D eigenvalue weighted by Gasteiger charge is -2.26. The Hall–Kier alpha value is -3.86. The number of hydrogen-bond acceptors (Lipinski definition) is 8. The first-order valence-corrected chi connectivity index (χ1v) is 11.7. The molecule has 1 aliphatic carbocycles. The fraction of sp³-hybridized carbons (Fsp3) is 0.375. The number of carbonyl (C=O) groups is 2. The van der Waals surface area contributed by atoms with Crippen molar-refractivity contribution in [1.82, 2.24) is 24.9 Å². The van der Waals surface area contributed by atoms with Gasteiger partial charge in [-0.15, -0.1) is 0 Å². The summed E-state index contributed by atoms with van der Waals surface area (Å²) in [6, 6.07) is 6.56. The number of aromatic nitrogens is 4. The lowest BCUT2D eigenvalue weighted by molar-refractivity contribution is -0.124. The van der Waals surface area contributed by atoms with Crippen LogP contribution in [0.4, 0.5) is 16.3 Å². The summed E-state index contributed by atoms with van der Waals surface area (Å²) in [5.74, 6) is -0.194. The normalized spacial score (nSPS) is 21.5. The van der Waals surface area contributed by atoms with E-state index in [1.807, 2.05) is 6.07 Å². The van der Waals surface area contributed by atoms with E-state index in [1.54, 1.807) is 22.9 Å². The van der Waals surface area contributed by atoms with Gasteiger partial charge in [-0.2, -0.15) is 19.6 Å². The highest BCUT2D eigenvalue weighted by molar-refractivity contribution is 6.15. The Morgan fingerprint density at radius 1 is 1.20 bits per heavy atom. The summed E-state index contributed by atoms with van der Waals surface area (Å²) in [5, 5.41) is 23.1. The molecule has 0 atom stereocenters. The van der Waals surface area contributed by atoms with Gasteiger partial charge >= 0.3 is 0 Å². The third kappa shape index (κ3) is 5.29. The Morgan fingerprint density at radius 2 is 2.03 bits per heavy atom.